The van der Waals surface area contributed by atoms with E-state index in [9.17, 15) is 53.1 Å². The van der Waals surface area contributed by atoms with E-state index in [1.807, 2.05) is 68.1 Å². The minimum atomic E-state index is -1.30. The Bertz CT molecular complexity index is 2740. The summed E-state index contributed by atoms with van der Waals surface area (Å²) in [6.45, 7) is 4.44. The van der Waals surface area contributed by atoms with Gasteiger partial charge in [0.1, 0.15) is 6.04 Å². The van der Waals surface area contributed by atoms with Gasteiger partial charge in [0.25, 0.3) is 5.91 Å². The van der Waals surface area contributed by atoms with Gasteiger partial charge in [-0.1, -0.05) is 71.0 Å². The van der Waals surface area contributed by atoms with Crippen LogP contribution < -0.4 is 44.2 Å². The number of unbranched alkanes of at least 4 members (excludes halogenated alkanes) is 3. The van der Waals surface area contributed by atoms with Gasteiger partial charge in [-0.3, -0.25) is 58.0 Å². The zero-order valence-corrected chi connectivity index (χ0v) is 50.5. The molecule has 1 fully saturated rings. The molecule has 464 valence electrons. The first-order valence-corrected chi connectivity index (χ1v) is 29.5. The number of nitrogens with zero attached hydrogens (tertiary/aromatic N) is 5. The first-order valence-electron chi connectivity index (χ1n) is 28.3. The van der Waals surface area contributed by atoms with Gasteiger partial charge in [-0.2, -0.15) is 0 Å². The first-order chi connectivity index (χ1) is 40.4. The number of carbonyl (C=O) groups excluding carboxylic acids is 8. The van der Waals surface area contributed by atoms with Crippen molar-refractivity contribution in [1.82, 2.24) is 40.4 Å². The molecule has 3 atom stereocenters. The Labute approximate surface area is 509 Å². The van der Waals surface area contributed by atoms with E-state index < -0.39 is 59.5 Å². The average molecular weight is 1270 g/mol. The molecule has 1 unspecified atom stereocenters. The van der Waals surface area contributed by atoms with E-state index >= 15 is 0 Å². The highest BCUT2D eigenvalue weighted by molar-refractivity contribution is 9.10. The second-order valence-corrected chi connectivity index (χ2v) is 22.6. The molecular weight excluding hydrogens is 1180 g/mol. The van der Waals surface area contributed by atoms with E-state index in [-0.39, 0.29) is 82.9 Å². The number of anilines is 1. The molecule has 0 aromatic heterocycles. The highest BCUT2D eigenvalue weighted by Gasteiger charge is 2.28. The summed E-state index contributed by atoms with van der Waals surface area (Å²) >= 11 is 9.10. The van der Waals surface area contributed by atoms with Gasteiger partial charge in [0.05, 0.1) is 37.2 Å². The van der Waals surface area contributed by atoms with Crippen LogP contribution in [0.3, 0.4) is 0 Å². The van der Waals surface area contributed by atoms with Crippen LogP contribution in [0.1, 0.15) is 98.2 Å². The molecule has 3 aromatic carbocycles. The maximum Gasteiger partial charge on any atom is 0.326 e. The minimum Gasteiger partial charge on any atom is -0.481 e. The Hall–Kier alpha value is -7.43. The van der Waals surface area contributed by atoms with Crippen LogP contribution in [-0.4, -0.2) is 196 Å². The van der Waals surface area contributed by atoms with Crippen LogP contribution in [0.5, 0.6) is 0 Å². The zero-order chi connectivity index (χ0) is 62.4. The predicted molar refractivity (Wildman–Crippen MR) is 326 cm³/mol. The van der Waals surface area contributed by atoms with Crippen molar-refractivity contribution in [3.63, 3.8) is 0 Å². The molecule has 0 saturated carbocycles. The minimum absolute atomic E-state index is 0.0170. The number of ketones is 1. The molecule has 4 rings (SSSR count). The first kappa shape index (κ1) is 70.1. The molecular formula is C58H82BrN13O12S. The third-order valence-electron chi connectivity index (χ3n) is 14.1. The van der Waals surface area contributed by atoms with Gasteiger partial charge in [0.2, 0.25) is 29.5 Å². The van der Waals surface area contributed by atoms with Crippen LogP contribution >= 0.6 is 28.1 Å². The van der Waals surface area contributed by atoms with E-state index in [4.69, 9.17) is 40.3 Å². The number of hydrogen-bond donors (Lipinski definition) is 10. The van der Waals surface area contributed by atoms with E-state index in [0.29, 0.717) is 94.9 Å². The number of carbonyl (C=O) groups is 10. The number of thiocarbonyl (C=S) groups is 1. The van der Waals surface area contributed by atoms with E-state index in [1.54, 1.807) is 29.2 Å². The Kier molecular flexibility index (Phi) is 30.6. The summed E-state index contributed by atoms with van der Waals surface area (Å²) < 4.78 is 0.868. The fraction of sp³-hybridized carbons (Fsp3) is 0.500. The molecule has 0 radical (unpaired) electrons. The van der Waals surface area contributed by atoms with E-state index in [2.05, 4.69) is 37.2 Å². The Morgan fingerprint density at radius 3 is 1.74 bits per heavy atom. The van der Waals surface area contributed by atoms with Crippen molar-refractivity contribution < 1.29 is 58.2 Å². The third-order valence-corrected chi connectivity index (χ3v) is 15.0. The number of carboxylic acid groups (broad SMARTS) is 2. The lowest BCUT2D eigenvalue weighted by Crippen LogP contribution is -2.54. The number of carboxylic acids is 2. The number of rotatable bonds is 34. The standard InChI is InChI=1S/C58H82BrN13O12S/c1-39(73)47(22-23-55(79)80)66-58(84)67-48(57(82)83)7-5-6-24-72(33-42-12-18-44(59)19-13-42)56(81)43-16-10-41(11-17-43)32-64-53(78)8-3-2-4-9-54(85)65-45-20-14-40(15-21-45)31-46-34-70(37-51(62)76)28-27-68(35-49(60)74)25-26-69(36-50(61)75)29-30-71(46)38-52(63)77/h10-21,46-48H,2-9,22-38H2,1H3,(H2,60,74)(H2,61,75)(H2,62,76)(H2,63,77)(H,64,78)(H,65,85)(H,79,80)(H,82,83)(H2,66,67,84)/t46?,47-,48-/m1/s1. The summed E-state index contributed by atoms with van der Waals surface area (Å²) in [4.78, 5) is 133. The van der Waals surface area contributed by atoms with Crippen LogP contribution in [0.2, 0.25) is 0 Å². The van der Waals surface area contributed by atoms with Crippen molar-refractivity contribution in [3.8, 4) is 0 Å². The molecule has 27 heteroatoms. The Morgan fingerprint density at radius 1 is 0.624 bits per heavy atom. The molecule has 0 aliphatic carbocycles. The number of primary amides is 4. The SMILES string of the molecule is CC(=O)[C@@H](CCC(=O)O)NC(=O)N[C@H](CCCCN(Cc1ccc(Br)cc1)C(=O)c1ccc(CNC(=O)CCCCCC(=S)Nc2ccc(CC3CN(CC(N)=O)CCN(CC(N)=O)CCN(CC(N)=O)CCN3CC(N)=O)cc2)cc1)C(=O)O. The average Bonchev–Trinajstić information content (AvgIpc) is 3.62. The van der Waals surface area contributed by atoms with Crippen LogP contribution in [0.4, 0.5) is 10.5 Å². The molecule has 1 aliphatic heterocycles. The lowest BCUT2D eigenvalue weighted by molar-refractivity contribution is -0.139. The summed E-state index contributed by atoms with van der Waals surface area (Å²) in [5, 5.41) is 29.7. The summed E-state index contributed by atoms with van der Waals surface area (Å²) in [5.41, 5.74) is 26.3. The van der Waals surface area contributed by atoms with Crippen molar-refractivity contribution in [2.75, 3.05) is 83.9 Å². The number of benzene rings is 3. The second kappa shape index (κ2) is 37.1. The second-order valence-electron chi connectivity index (χ2n) is 21.2. The maximum atomic E-state index is 13.9. The lowest BCUT2D eigenvalue weighted by atomic mass is 10.0. The molecule has 0 spiro atoms. The topological polar surface area (TPSA) is 380 Å². The summed E-state index contributed by atoms with van der Waals surface area (Å²) in [5.74, 6) is -5.38. The fourth-order valence-electron chi connectivity index (χ4n) is 9.65. The summed E-state index contributed by atoms with van der Waals surface area (Å²) in [6.07, 6.45) is 3.77. The highest BCUT2D eigenvalue weighted by Crippen LogP contribution is 2.19. The smallest absolute Gasteiger partial charge is 0.326 e. The normalized spacial score (nSPS) is 15.4. The fourth-order valence-corrected chi connectivity index (χ4v) is 10.2. The zero-order valence-electron chi connectivity index (χ0n) is 48.1. The number of hydrogen-bond acceptors (Lipinski definition) is 15. The highest BCUT2D eigenvalue weighted by atomic mass is 79.9. The van der Waals surface area contributed by atoms with Crippen molar-refractivity contribution >= 4 is 98.0 Å². The predicted octanol–water partition coefficient (Wildman–Crippen LogP) is 1.92. The maximum absolute atomic E-state index is 13.9. The quantitative estimate of drug-likeness (QED) is 0.0302. The monoisotopic (exact) mass is 1260 g/mol. The summed E-state index contributed by atoms with van der Waals surface area (Å²) in [6, 6.07) is 18.5. The number of Topliss-reactive ketones (excluding diaryl/α,β-unsaturated/α-hetero) is 1. The number of nitrogens with one attached hydrogen (secondary N) is 4. The molecule has 1 heterocycles. The van der Waals surface area contributed by atoms with Crippen molar-refractivity contribution in [1.29, 1.82) is 0 Å². The van der Waals surface area contributed by atoms with Crippen LogP contribution in [0, 0.1) is 0 Å². The molecule has 85 heavy (non-hydrogen) atoms. The molecule has 1 saturated heterocycles. The van der Waals surface area contributed by atoms with Gasteiger partial charge in [0.15, 0.2) is 5.78 Å². The molecule has 3 aromatic rings. The molecule has 8 amide bonds. The summed E-state index contributed by atoms with van der Waals surface area (Å²) in [7, 11) is 0. The number of amides is 8. The van der Waals surface area contributed by atoms with Crippen molar-refractivity contribution in [2.24, 2.45) is 22.9 Å². The van der Waals surface area contributed by atoms with Crippen LogP contribution in [0.25, 0.3) is 0 Å². The lowest BCUT2D eigenvalue weighted by Gasteiger charge is -2.38. The molecule has 25 nitrogen and oxygen atoms in total. The number of urea groups is 1. The van der Waals surface area contributed by atoms with Gasteiger partial charge >= 0.3 is 18.0 Å². The largest absolute Gasteiger partial charge is 0.481 e. The van der Waals surface area contributed by atoms with Gasteiger partial charge in [-0.15, -0.1) is 0 Å². The number of halogens is 1. The van der Waals surface area contributed by atoms with Gasteiger partial charge < -0.3 is 59.3 Å². The number of aliphatic carboxylic acids is 2. The Morgan fingerprint density at radius 2 is 1.16 bits per heavy atom. The number of nitrogens with two attached hydrogens (primary N) is 4. The van der Waals surface area contributed by atoms with Crippen molar-refractivity contribution in [3.05, 3.63) is 99.5 Å². The third kappa shape index (κ3) is 28.3. The van der Waals surface area contributed by atoms with Crippen LogP contribution in [0.15, 0.2) is 77.3 Å². The Balaban J connectivity index is 1.25. The van der Waals surface area contributed by atoms with E-state index in [0.717, 1.165) is 39.7 Å². The van der Waals surface area contributed by atoms with Gasteiger partial charge in [0, 0.05) is 100 Å². The van der Waals surface area contributed by atoms with Gasteiger partial charge in [-0.05, 0) is 111 Å². The molecule has 1 aliphatic rings. The van der Waals surface area contributed by atoms with Crippen molar-refractivity contribution in [2.45, 2.75) is 109 Å². The van der Waals surface area contributed by atoms with E-state index in [1.165, 1.54) is 6.92 Å². The van der Waals surface area contributed by atoms with Gasteiger partial charge in [-0.25, -0.2) is 9.59 Å². The molecule has 0 bridgehead atoms. The van der Waals surface area contributed by atoms with Crippen LogP contribution in [-0.2, 0) is 57.9 Å². The molecule has 14 N–H and O–H groups in total.